The number of hydrogen-bond acceptors (Lipinski definition) is 3. The molecule has 84 valence electrons. The normalized spacial score (nSPS) is 20.7. The van der Waals surface area contributed by atoms with E-state index in [0.717, 1.165) is 34.7 Å². The van der Waals surface area contributed by atoms with Gasteiger partial charge < -0.3 is 5.32 Å². The number of hydrogen-bond donors (Lipinski definition) is 1. The zero-order valence-electron chi connectivity index (χ0n) is 8.87. The van der Waals surface area contributed by atoms with E-state index in [4.69, 9.17) is 0 Å². The first kappa shape index (κ1) is 10.2. The van der Waals surface area contributed by atoms with Crippen LogP contribution in [0.5, 0.6) is 0 Å². The molecule has 2 heterocycles. The minimum Gasteiger partial charge on any atom is -0.316 e. The van der Waals surface area contributed by atoms with Crippen LogP contribution in [-0.2, 0) is 6.42 Å². The van der Waals surface area contributed by atoms with Crippen molar-refractivity contribution in [2.45, 2.75) is 12.8 Å². The Balaban J connectivity index is 1.86. The van der Waals surface area contributed by atoms with Crippen molar-refractivity contribution in [2.24, 2.45) is 5.92 Å². The number of rotatable bonds is 2. The summed E-state index contributed by atoms with van der Waals surface area (Å²) >= 11 is 1.62. The molecular weight excluding hydrogens is 223 g/mol. The van der Waals surface area contributed by atoms with Gasteiger partial charge in [-0.1, -0.05) is 0 Å². The predicted octanol–water partition coefficient (Wildman–Crippen LogP) is 2.59. The van der Waals surface area contributed by atoms with Crippen LogP contribution in [-0.4, -0.2) is 18.1 Å². The number of nitrogens with zero attached hydrogens (tertiary/aromatic N) is 1. The number of benzene rings is 1. The topological polar surface area (TPSA) is 24.9 Å². The van der Waals surface area contributed by atoms with Crippen molar-refractivity contribution in [2.75, 3.05) is 13.1 Å². The molecule has 1 aromatic heterocycles. The van der Waals surface area contributed by atoms with Crippen LogP contribution < -0.4 is 5.32 Å². The second-order valence-electron chi connectivity index (χ2n) is 4.28. The van der Waals surface area contributed by atoms with Crippen LogP contribution in [0.1, 0.15) is 11.4 Å². The highest BCUT2D eigenvalue weighted by Gasteiger charge is 2.16. The van der Waals surface area contributed by atoms with Gasteiger partial charge in [-0.25, -0.2) is 9.37 Å². The van der Waals surface area contributed by atoms with E-state index in [9.17, 15) is 4.39 Å². The summed E-state index contributed by atoms with van der Waals surface area (Å²) in [4.78, 5) is 4.54. The molecule has 3 rings (SSSR count). The molecule has 4 heteroatoms. The van der Waals surface area contributed by atoms with E-state index in [1.165, 1.54) is 12.5 Å². The highest BCUT2D eigenvalue weighted by atomic mass is 32.1. The molecule has 0 bridgehead atoms. The highest BCUT2D eigenvalue weighted by Crippen LogP contribution is 2.25. The summed E-state index contributed by atoms with van der Waals surface area (Å²) < 4.78 is 14.0. The van der Waals surface area contributed by atoms with Gasteiger partial charge in [0.25, 0.3) is 0 Å². The van der Waals surface area contributed by atoms with E-state index in [2.05, 4.69) is 10.3 Å². The van der Waals surface area contributed by atoms with Gasteiger partial charge in [-0.05, 0) is 43.6 Å². The quantitative estimate of drug-likeness (QED) is 0.867. The molecule has 1 unspecified atom stereocenters. The van der Waals surface area contributed by atoms with Gasteiger partial charge in [0, 0.05) is 6.42 Å². The van der Waals surface area contributed by atoms with Gasteiger partial charge in [0.2, 0.25) is 0 Å². The lowest BCUT2D eigenvalue weighted by atomic mass is 10.1. The summed E-state index contributed by atoms with van der Waals surface area (Å²) in [5.41, 5.74) is 0.923. The molecule has 1 aliphatic rings. The van der Waals surface area contributed by atoms with E-state index in [1.54, 1.807) is 23.5 Å². The zero-order chi connectivity index (χ0) is 11.0. The Kier molecular flexibility index (Phi) is 2.61. The third-order valence-corrected chi connectivity index (χ3v) is 4.06. The Bertz CT molecular complexity index is 503. The molecule has 1 N–H and O–H groups in total. The van der Waals surface area contributed by atoms with Crippen LogP contribution in [0, 0.1) is 11.7 Å². The largest absolute Gasteiger partial charge is 0.316 e. The monoisotopic (exact) mass is 236 g/mol. The van der Waals surface area contributed by atoms with E-state index >= 15 is 0 Å². The number of fused-ring (bicyclic) bond motifs is 1. The molecule has 1 fully saturated rings. The van der Waals surface area contributed by atoms with Crippen molar-refractivity contribution in [1.29, 1.82) is 0 Å². The Labute approximate surface area is 97.5 Å². The third-order valence-electron chi connectivity index (χ3n) is 3.02. The van der Waals surface area contributed by atoms with Gasteiger partial charge in [-0.2, -0.15) is 0 Å². The number of halogens is 1. The summed E-state index contributed by atoms with van der Waals surface area (Å²) in [6.07, 6.45) is 2.25. The lowest BCUT2D eigenvalue weighted by Crippen LogP contribution is -2.10. The molecule has 2 nitrogen and oxygen atoms in total. The van der Waals surface area contributed by atoms with Crippen molar-refractivity contribution in [3.05, 3.63) is 29.0 Å². The first-order valence-electron chi connectivity index (χ1n) is 5.57. The first-order chi connectivity index (χ1) is 7.81. The zero-order valence-corrected chi connectivity index (χ0v) is 9.69. The second kappa shape index (κ2) is 4.11. The fourth-order valence-electron chi connectivity index (χ4n) is 2.17. The van der Waals surface area contributed by atoms with Gasteiger partial charge >= 0.3 is 0 Å². The first-order valence-corrected chi connectivity index (χ1v) is 6.38. The van der Waals surface area contributed by atoms with Crippen LogP contribution >= 0.6 is 11.3 Å². The van der Waals surface area contributed by atoms with E-state index in [0.29, 0.717) is 5.92 Å². The maximum atomic E-state index is 13.0. The molecule has 1 aromatic carbocycles. The Hall–Kier alpha value is -1.00. The minimum absolute atomic E-state index is 0.176. The molecule has 16 heavy (non-hydrogen) atoms. The van der Waals surface area contributed by atoms with Crippen molar-refractivity contribution in [1.82, 2.24) is 10.3 Å². The molecule has 2 aromatic rings. The Morgan fingerprint density at radius 1 is 1.50 bits per heavy atom. The van der Waals surface area contributed by atoms with E-state index in [1.807, 2.05) is 0 Å². The molecule has 0 spiro atoms. The average molecular weight is 236 g/mol. The lowest BCUT2D eigenvalue weighted by Gasteiger charge is -2.03. The highest BCUT2D eigenvalue weighted by molar-refractivity contribution is 7.18. The lowest BCUT2D eigenvalue weighted by molar-refractivity contribution is 0.579. The summed E-state index contributed by atoms with van der Waals surface area (Å²) in [5.74, 6) is 0.524. The minimum atomic E-state index is -0.176. The molecule has 1 saturated heterocycles. The summed E-state index contributed by atoms with van der Waals surface area (Å²) in [6.45, 7) is 2.20. The summed E-state index contributed by atoms with van der Waals surface area (Å²) in [5, 5.41) is 4.49. The van der Waals surface area contributed by atoms with Crippen LogP contribution in [0.25, 0.3) is 10.2 Å². The summed E-state index contributed by atoms with van der Waals surface area (Å²) in [6, 6.07) is 4.81. The van der Waals surface area contributed by atoms with Crippen LogP contribution in [0.3, 0.4) is 0 Å². The van der Waals surface area contributed by atoms with Gasteiger partial charge in [0.05, 0.1) is 15.2 Å². The van der Waals surface area contributed by atoms with Gasteiger partial charge in [0.1, 0.15) is 5.82 Å². The fraction of sp³-hybridized carbons (Fsp3) is 0.417. The maximum absolute atomic E-state index is 13.0. The molecule has 0 saturated carbocycles. The van der Waals surface area contributed by atoms with Crippen molar-refractivity contribution in [3.8, 4) is 0 Å². The fourth-order valence-corrected chi connectivity index (χ4v) is 3.28. The predicted molar refractivity (Wildman–Crippen MR) is 64.3 cm³/mol. The molecule has 0 aliphatic carbocycles. The van der Waals surface area contributed by atoms with Crippen molar-refractivity contribution >= 4 is 21.6 Å². The average Bonchev–Trinajstić information content (AvgIpc) is 2.86. The number of thiazole rings is 1. The van der Waals surface area contributed by atoms with Gasteiger partial charge in [0.15, 0.2) is 0 Å². The molecule has 1 atom stereocenters. The molecule has 1 aliphatic heterocycles. The number of nitrogens with one attached hydrogen (secondary N) is 1. The molecule has 0 amide bonds. The Morgan fingerprint density at radius 3 is 3.25 bits per heavy atom. The van der Waals surface area contributed by atoms with E-state index in [-0.39, 0.29) is 5.82 Å². The Morgan fingerprint density at radius 2 is 2.44 bits per heavy atom. The SMILES string of the molecule is Fc1ccc2nc(CC3CCNC3)sc2c1. The standard InChI is InChI=1S/C12H13FN2S/c13-9-1-2-10-11(6-9)16-12(15-10)5-8-3-4-14-7-8/h1-2,6,8,14H,3-5,7H2. The van der Waals surface area contributed by atoms with Crippen molar-refractivity contribution in [3.63, 3.8) is 0 Å². The van der Waals surface area contributed by atoms with E-state index < -0.39 is 0 Å². The molecular formula is C12H13FN2S. The smallest absolute Gasteiger partial charge is 0.124 e. The van der Waals surface area contributed by atoms with Crippen LogP contribution in [0.15, 0.2) is 18.2 Å². The third kappa shape index (κ3) is 1.95. The maximum Gasteiger partial charge on any atom is 0.124 e. The van der Waals surface area contributed by atoms with Crippen molar-refractivity contribution < 1.29 is 4.39 Å². The van der Waals surface area contributed by atoms with Gasteiger partial charge in [-0.3, -0.25) is 0 Å². The van der Waals surface area contributed by atoms with Gasteiger partial charge in [-0.15, -0.1) is 11.3 Å². The van der Waals surface area contributed by atoms with Crippen LogP contribution in [0.2, 0.25) is 0 Å². The molecule has 0 radical (unpaired) electrons. The summed E-state index contributed by atoms with van der Waals surface area (Å²) in [7, 11) is 0. The van der Waals surface area contributed by atoms with Crippen LogP contribution in [0.4, 0.5) is 4.39 Å². The second-order valence-corrected chi connectivity index (χ2v) is 5.40. The number of aromatic nitrogens is 1.